The molecule has 30 heavy (non-hydrogen) atoms. The Labute approximate surface area is 182 Å². The highest BCUT2D eigenvalue weighted by Crippen LogP contribution is 2.20. The summed E-state index contributed by atoms with van der Waals surface area (Å²) in [6, 6.07) is 8.78. The van der Waals surface area contributed by atoms with Crippen LogP contribution in [-0.4, -0.2) is 59.7 Å². The number of ether oxygens (including phenoxy) is 1. The number of anilines is 1. The number of halogens is 1. The normalized spacial score (nSPS) is 10.5. The third-order valence-corrected chi connectivity index (χ3v) is 5.12. The van der Waals surface area contributed by atoms with Crippen LogP contribution in [0.4, 0.5) is 10.5 Å². The van der Waals surface area contributed by atoms with E-state index in [1.54, 1.807) is 30.2 Å². The Morgan fingerprint density at radius 3 is 2.67 bits per heavy atom. The van der Waals surface area contributed by atoms with Crippen molar-refractivity contribution < 1.29 is 14.3 Å². The van der Waals surface area contributed by atoms with Gasteiger partial charge in [0.25, 0.3) is 0 Å². The number of urea groups is 1. The second-order valence-corrected chi connectivity index (χ2v) is 7.39. The highest BCUT2D eigenvalue weighted by atomic mass is 35.5. The van der Waals surface area contributed by atoms with Crippen molar-refractivity contribution in [2.24, 2.45) is 7.05 Å². The smallest absolute Gasteiger partial charge is 0.322 e. The molecule has 7 nitrogen and oxygen atoms in total. The van der Waals surface area contributed by atoms with Gasteiger partial charge in [-0.15, -0.1) is 6.58 Å². The fourth-order valence-electron chi connectivity index (χ4n) is 2.86. The molecule has 0 bridgehead atoms. The van der Waals surface area contributed by atoms with Crippen molar-refractivity contribution in [2.75, 3.05) is 38.7 Å². The largest absolute Gasteiger partial charge is 0.383 e. The summed E-state index contributed by atoms with van der Waals surface area (Å²) >= 11 is 6.14. The predicted octanol–water partition coefficient (Wildman–Crippen LogP) is 3.68. The number of carbonyl (C=O) groups is 2. The third kappa shape index (κ3) is 6.64. The number of hydrogen-bond acceptors (Lipinski definition) is 3. The number of amides is 3. The summed E-state index contributed by atoms with van der Waals surface area (Å²) in [5, 5.41) is 3.35. The van der Waals surface area contributed by atoms with Gasteiger partial charge < -0.3 is 24.4 Å². The molecule has 8 heteroatoms. The Bertz CT molecular complexity index is 881. The van der Waals surface area contributed by atoms with E-state index in [2.05, 4.69) is 11.9 Å². The van der Waals surface area contributed by atoms with Crippen molar-refractivity contribution in [3.63, 3.8) is 0 Å². The lowest BCUT2D eigenvalue weighted by molar-refractivity contribution is -0.133. The number of aryl methyl sites for hydroxylation is 2. The quantitative estimate of drug-likeness (QED) is 0.582. The number of rotatable bonds is 10. The van der Waals surface area contributed by atoms with Gasteiger partial charge in [0.05, 0.1) is 13.2 Å². The van der Waals surface area contributed by atoms with Gasteiger partial charge in [-0.3, -0.25) is 4.79 Å². The van der Waals surface area contributed by atoms with Crippen LogP contribution in [0, 0.1) is 6.92 Å². The van der Waals surface area contributed by atoms with E-state index in [4.69, 9.17) is 16.3 Å². The molecule has 0 aliphatic carbocycles. The van der Waals surface area contributed by atoms with E-state index in [1.165, 1.54) is 4.90 Å². The van der Waals surface area contributed by atoms with E-state index in [-0.39, 0.29) is 19.0 Å². The van der Waals surface area contributed by atoms with Gasteiger partial charge in [-0.25, -0.2) is 4.79 Å². The lowest BCUT2D eigenvalue weighted by Crippen LogP contribution is -2.45. The average molecular weight is 433 g/mol. The van der Waals surface area contributed by atoms with Gasteiger partial charge in [0, 0.05) is 49.8 Å². The lowest BCUT2D eigenvalue weighted by Gasteiger charge is -2.27. The molecule has 2 rings (SSSR count). The Balaban J connectivity index is 2.09. The number of benzene rings is 1. The molecule has 2 aromatic rings. The van der Waals surface area contributed by atoms with Crippen molar-refractivity contribution in [1.82, 2.24) is 14.4 Å². The van der Waals surface area contributed by atoms with E-state index in [0.717, 1.165) is 11.3 Å². The highest BCUT2D eigenvalue weighted by Gasteiger charge is 2.21. The Morgan fingerprint density at radius 1 is 1.30 bits per heavy atom. The summed E-state index contributed by atoms with van der Waals surface area (Å²) in [6.45, 7) is 7.01. The Kier molecular flexibility index (Phi) is 8.95. The molecule has 1 aromatic carbocycles. The number of nitrogens with one attached hydrogen (secondary N) is 1. The molecule has 1 N–H and O–H groups in total. The lowest BCUT2D eigenvalue weighted by atomic mass is 10.2. The molecule has 0 unspecified atom stereocenters. The summed E-state index contributed by atoms with van der Waals surface area (Å²) in [5.41, 5.74) is 2.48. The van der Waals surface area contributed by atoms with Crippen LogP contribution in [-0.2, 0) is 23.1 Å². The van der Waals surface area contributed by atoms with Crippen LogP contribution in [0.2, 0.25) is 5.02 Å². The van der Waals surface area contributed by atoms with Gasteiger partial charge in [0.1, 0.15) is 6.54 Å². The first kappa shape index (κ1) is 23.5. The van der Waals surface area contributed by atoms with Crippen LogP contribution >= 0.6 is 11.6 Å². The summed E-state index contributed by atoms with van der Waals surface area (Å²) in [4.78, 5) is 28.9. The Morgan fingerprint density at radius 2 is 2.07 bits per heavy atom. The van der Waals surface area contributed by atoms with Gasteiger partial charge in [-0.1, -0.05) is 23.7 Å². The molecule has 162 valence electrons. The first-order valence-electron chi connectivity index (χ1n) is 9.65. The van der Waals surface area contributed by atoms with Crippen LogP contribution in [0.25, 0.3) is 0 Å². The third-order valence-electron chi connectivity index (χ3n) is 4.71. The molecule has 0 aliphatic heterocycles. The van der Waals surface area contributed by atoms with Gasteiger partial charge in [-0.2, -0.15) is 0 Å². The number of carbonyl (C=O) groups excluding carboxylic acids is 2. The number of aromatic nitrogens is 1. The highest BCUT2D eigenvalue weighted by molar-refractivity contribution is 6.31. The molecule has 1 aromatic heterocycles. The number of methoxy groups -OCH3 is 1. The molecule has 3 amide bonds. The van der Waals surface area contributed by atoms with E-state index in [0.29, 0.717) is 30.4 Å². The van der Waals surface area contributed by atoms with E-state index >= 15 is 0 Å². The van der Waals surface area contributed by atoms with Crippen molar-refractivity contribution in [1.29, 1.82) is 0 Å². The molecule has 0 spiro atoms. The zero-order chi connectivity index (χ0) is 22.1. The van der Waals surface area contributed by atoms with Gasteiger partial charge in [-0.05, 0) is 36.8 Å². The van der Waals surface area contributed by atoms with E-state index in [1.807, 2.05) is 42.9 Å². The first-order chi connectivity index (χ1) is 14.3. The minimum absolute atomic E-state index is 0.0778. The van der Waals surface area contributed by atoms with Crippen LogP contribution in [0.3, 0.4) is 0 Å². The topological polar surface area (TPSA) is 66.8 Å². The first-order valence-corrected chi connectivity index (χ1v) is 10.0. The number of hydrogen-bond donors (Lipinski definition) is 1. The zero-order valence-electron chi connectivity index (χ0n) is 17.7. The minimum Gasteiger partial charge on any atom is -0.383 e. The summed E-state index contributed by atoms with van der Waals surface area (Å²) in [6.07, 6.45) is 3.52. The monoisotopic (exact) mass is 432 g/mol. The zero-order valence-corrected chi connectivity index (χ0v) is 18.5. The molecule has 0 saturated carbocycles. The molecule has 0 atom stereocenters. The Hall–Kier alpha value is -2.77. The maximum atomic E-state index is 13.0. The van der Waals surface area contributed by atoms with Gasteiger partial charge in [0.15, 0.2) is 0 Å². The van der Waals surface area contributed by atoms with Gasteiger partial charge >= 0.3 is 6.03 Å². The SMILES string of the molecule is C=CCN(CC(=O)N(CCOC)Cc1cccn1C)C(=O)Nc1ccc(C)c(Cl)c1. The summed E-state index contributed by atoms with van der Waals surface area (Å²) in [5.74, 6) is -0.174. The van der Waals surface area contributed by atoms with Gasteiger partial charge in [0.2, 0.25) is 5.91 Å². The minimum atomic E-state index is -0.395. The molecule has 1 heterocycles. The van der Waals surface area contributed by atoms with Crippen molar-refractivity contribution in [3.05, 3.63) is 65.5 Å². The standard InChI is InChI=1S/C22H29ClN4O3/c1-5-10-27(22(29)24-18-9-8-17(2)20(23)14-18)16-21(28)26(12-13-30-4)15-19-7-6-11-25(19)3/h5-9,11,14H,1,10,12-13,15-16H2,2-4H3,(H,24,29). The van der Waals surface area contributed by atoms with E-state index < -0.39 is 6.03 Å². The second-order valence-electron chi connectivity index (χ2n) is 6.98. The van der Waals surface area contributed by atoms with Crippen LogP contribution in [0.1, 0.15) is 11.3 Å². The molecule has 0 radical (unpaired) electrons. The van der Waals surface area contributed by atoms with Crippen molar-refractivity contribution in [2.45, 2.75) is 13.5 Å². The molecule has 0 saturated heterocycles. The van der Waals surface area contributed by atoms with E-state index in [9.17, 15) is 9.59 Å². The fraction of sp³-hybridized carbons (Fsp3) is 0.364. The number of nitrogens with zero attached hydrogens (tertiary/aromatic N) is 3. The fourth-order valence-corrected chi connectivity index (χ4v) is 3.04. The van der Waals surface area contributed by atoms with Crippen LogP contribution in [0.15, 0.2) is 49.2 Å². The molecule has 0 aliphatic rings. The van der Waals surface area contributed by atoms with Crippen molar-refractivity contribution >= 4 is 29.2 Å². The predicted molar refractivity (Wildman–Crippen MR) is 120 cm³/mol. The molecule has 0 fully saturated rings. The maximum absolute atomic E-state index is 13.0. The molecular formula is C22H29ClN4O3. The van der Waals surface area contributed by atoms with Crippen LogP contribution in [0.5, 0.6) is 0 Å². The average Bonchev–Trinajstić information content (AvgIpc) is 3.12. The van der Waals surface area contributed by atoms with Crippen LogP contribution < -0.4 is 5.32 Å². The summed E-state index contributed by atoms with van der Waals surface area (Å²) in [7, 11) is 3.52. The maximum Gasteiger partial charge on any atom is 0.322 e. The second kappa shape index (κ2) is 11.4. The summed E-state index contributed by atoms with van der Waals surface area (Å²) < 4.78 is 7.11. The molecular weight excluding hydrogens is 404 g/mol. The van der Waals surface area contributed by atoms with Crippen molar-refractivity contribution in [3.8, 4) is 0 Å².